The van der Waals surface area contributed by atoms with Gasteiger partial charge in [0.25, 0.3) is 0 Å². The predicted molar refractivity (Wildman–Crippen MR) is 123 cm³/mol. The highest BCUT2D eigenvalue weighted by molar-refractivity contribution is 14.0. The minimum atomic E-state index is 0. The lowest BCUT2D eigenvalue weighted by atomic mass is 9.96. The maximum Gasteiger partial charge on any atom is 0.226 e. The van der Waals surface area contributed by atoms with E-state index >= 15 is 0 Å². The molecule has 1 aliphatic rings. The van der Waals surface area contributed by atoms with Crippen LogP contribution in [0.5, 0.6) is 0 Å². The molecule has 1 fully saturated rings. The van der Waals surface area contributed by atoms with E-state index < -0.39 is 0 Å². The number of hydrogen-bond acceptors (Lipinski definition) is 4. The molecule has 28 heavy (non-hydrogen) atoms. The molecule has 0 saturated carbocycles. The molecule has 0 unspecified atom stereocenters. The van der Waals surface area contributed by atoms with E-state index in [2.05, 4.69) is 29.2 Å². The second-order valence-corrected chi connectivity index (χ2v) is 6.95. The number of aliphatic imine (C=N–C) groups is 1. The molecule has 0 spiro atoms. The fourth-order valence-electron chi connectivity index (χ4n) is 3.24. The zero-order valence-corrected chi connectivity index (χ0v) is 19.1. The minimum Gasteiger partial charge on any atom is -0.444 e. The van der Waals surface area contributed by atoms with Crippen LogP contribution >= 0.6 is 24.0 Å². The number of nitrogens with one attached hydrogen (secondary N) is 1. The summed E-state index contributed by atoms with van der Waals surface area (Å²) in [6.07, 6.45) is 5.20. The summed E-state index contributed by atoms with van der Waals surface area (Å²) in [5, 5.41) is 3.37. The maximum absolute atomic E-state index is 5.60. The van der Waals surface area contributed by atoms with Gasteiger partial charge in [-0.2, -0.15) is 0 Å². The van der Waals surface area contributed by atoms with E-state index in [-0.39, 0.29) is 24.0 Å². The van der Waals surface area contributed by atoms with Gasteiger partial charge >= 0.3 is 0 Å². The third-order valence-electron chi connectivity index (χ3n) is 4.87. The Morgan fingerprint density at radius 1 is 1.25 bits per heavy atom. The molecule has 3 rings (SSSR count). The molecule has 0 amide bonds. The number of benzene rings is 1. The van der Waals surface area contributed by atoms with Crippen molar-refractivity contribution in [2.75, 3.05) is 33.4 Å². The molecule has 2 aromatic rings. The quantitative estimate of drug-likeness (QED) is 0.353. The van der Waals surface area contributed by atoms with Crippen molar-refractivity contribution in [1.29, 1.82) is 0 Å². The maximum atomic E-state index is 5.60. The molecule has 0 atom stereocenters. The summed E-state index contributed by atoms with van der Waals surface area (Å²) in [6.45, 7) is 6.22. The molecule has 154 valence electrons. The molecule has 1 aromatic carbocycles. The van der Waals surface area contributed by atoms with Crippen molar-refractivity contribution >= 4 is 29.9 Å². The number of nitrogens with zero attached hydrogens (tertiary/aromatic N) is 3. The van der Waals surface area contributed by atoms with Gasteiger partial charge in [0.2, 0.25) is 5.89 Å². The Balaban J connectivity index is 0.00000280. The lowest BCUT2D eigenvalue weighted by Gasteiger charge is -2.26. The minimum absolute atomic E-state index is 0. The lowest BCUT2D eigenvalue weighted by Crippen LogP contribution is -2.40. The summed E-state index contributed by atoms with van der Waals surface area (Å²) in [7, 11) is 2.10. The van der Waals surface area contributed by atoms with E-state index in [9.17, 15) is 0 Å². The normalized spacial score (nSPS) is 15.1. The molecule has 6 nitrogen and oxygen atoms in total. The first-order valence-corrected chi connectivity index (χ1v) is 9.83. The van der Waals surface area contributed by atoms with Gasteiger partial charge in [-0.15, -0.1) is 24.0 Å². The highest BCUT2D eigenvalue weighted by atomic mass is 127. The number of hydrogen-bond donors (Lipinski definition) is 1. The Bertz CT molecular complexity index is 714. The zero-order valence-electron chi connectivity index (χ0n) is 16.8. The van der Waals surface area contributed by atoms with E-state index in [4.69, 9.17) is 14.1 Å². The van der Waals surface area contributed by atoms with Crippen LogP contribution in [0.15, 0.2) is 46.0 Å². The first kappa shape index (κ1) is 22.7. The van der Waals surface area contributed by atoms with Gasteiger partial charge in [0, 0.05) is 38.9 Å². The molecule has 1 aliphatic heterocycles. The van der Waals surface area contributed by atoms with Gasteiger partial charge in [-0.25, -0.2) is 9.98 Å². The van der Waals surface area contributed by atoms with Crippen LogP contribution in [0.2, 0.25) is 0 Å². The Labute approximate surface area is 184 Å². The Morgan fingerprint density at radius 2 is 2.00 bits per heavy atom. The summed E-state index contributed by atoms with van der Waals surface area (Å²) in [6, 6.07) is 9.93. The first-order valence-electron chi connectivity index (χ1n) is 9.83. The summed E-state index contributed by atoms with van der Waals surface area (Å²) in [4.78, 5) is 11.5. The topological polar surface area (TPSA) is 62.9 Å². The van der Waals surface area contributed by atoms with Crippen molar-refractivity contribution in [3.8, 4) is 11.5 Å². The van der Waals surface area contributed by atoms with Crippen molar-refractivity contribution in [1.82, 2.24) is 15.2 Å². The smallest absolute Gasteiger partial charge is 0.226 e. The average Bonchev–Trinajstić information content (AvgIpc) is 3.20. The second kappa shape index (κ2) is 12.1. The Hall–Kier alpha value is -1.61. The summed E-state index contributed by atoms with van der Waals surface area (Å²) < 4.78 is 11.1. The van der Waals surface area contributed by atoms with E-state index in [1.807, 2.05) is 30.3 Å². The second-order valence-electron chi connectivity index (χ2n) is 6.95. The van der Waals surface area contributed by atoms with Crippen molar-refractivity contribution in [2.24, 2.45) is 10.9 Å². The van der Waals surface area contributed by atoms with Gasteiger partial charge in [-0.3, -0.25) is 0 Å². The molecular formula is C21H31IN4O2. The highest BCUT2D eigenvalue weighted by Crippen LogP contribution is 2.19. The zero-order chi connectivity index (χ0) is 18.9. The number of rotatable bonds is 7. The number of oxazole rings is 1. The molecule has 7 heteroatoms. The van der Waals surface area contributed by atoms with Crippen LogP contribution in [0.1, 0.15) is 31.9 Å². The molecule has 1 N–H and O–H groups in total. The van der Waals surface area contributed by atoms with Crippen LogP contribution in [0, 0.1) is 5.92 Å². The van der Waals surface area contributed by atoms with Crippen LogP contribution in [0.4, 0.5) is 0 Å². The van der Waals surface area contributed by atoms with Crippen LogP contribution in [0.25, 0.3) is 11.5 Å². The van der Waals surface area contributed by atoms with E-state index in [0.29, 0.717) is 12.4 Å². The monoisotopic (exact) mass is 498 g/mol. The van der Waals surface area contributed by atoms with Crippen LogP contribution in [-0.2, 0) is 11.3 Å². The predicted octanol–water partition coefficient (Wildman–Crippen LogP) is 4.17. The number of aromatic nitrogens is 1. The fraction of sp³-hybridized carbons (Fsp3) is 0.524. The number of halogens is 1. The summed E-state index contributed by atoms with van der Waals surface area (Å²) in [5.74, 6) is 2.31. The Kier molecular flexibility index (Phi) is 9.77. The summed E-state index contributed by atoms with van der Waals surface area (Å²) >= 11 is 0. The van der Waals surface area contributed by atoms with E-state index in [1.165, 1.54) is 19.3 Å². The molecule has 0 radical (unpaired) electrons. The average molecular weight is 498 g/mol. The van der Waals surface area contributed by atoms with Crippen molar-refractivity contribution in [3.05, 3.63) is 42.3 Å². The van der Waals surface area contributed by atoms with Gasteiger partial charge < -0.3 is 19.4 Å². The van der Waals surface area contributed by atoms with E-state index in [0.717, 1.165) is 49.4 Å². The van der Waals surface area contributed by atoms with Gasteiger partial charge in [0.05, 0.1) is 6.54 Å². The van der Waals surface area contributed by atoms with E-state index in [1.54, 1.807) is 6.26 Å². The number of ether oxygens (including phenoxy) is 1. The summed E-state index contributed by atoms with van der Waals surface area (Å²) in [5.41, 5.74) is 1.82. The molecule has 0 bridgehead atoms. The molecular weight excluding hydrogens is 467 g/mol. The van der Waals surface area contributed by atoms with Crippen LogP contribution < -0.4 is 5.32 Å². The molecule has 0 aliphatic carbocycles. The van der Waals surface area contributed by atoms with Crippen LogP contribution in [-0.4, -0.2) is 49.2 Å². The van der Waals surface area contributed by atoms with Gasteiger partial charge in [-0.1, -0.05) is 18.2 Å². The standard InChI is InChI=1S/C21H30N4O2.HI/c1-3-22-21(25(2)12-9-17-10-13-26-14-11-17)23-15-19-16-27-20(24-19)18-7-5-4-6-8-18;/h4-8,16-17H,3,9-15H2,1-2H3,(H,22,23);1H. The van der Waals surface area contributed by atoms with Crippen LogP contribution in [0.3, 0.4) is 0 Å². The lowest BCUT2D eigenvalue weighted by molar-refractivity contribution is 0.0625. The molecule has 2 heterocycles. The fourth-order valence-corrected chi connectivity index (χ4v) is 3.24. The third-order valence-corrected chi connectivity index (χ3v) is 4.87. The van der Waals surface area contributed by atoms with Crippen molar-refractivity contribution in [2.45, 2.75) is 32.7 Å². The molecule has 1 aromatic heterocycles. The first-order chi connectivity index (χ1) is 13.3. The highest BCUT2D eigenvalue weighted by Gasteiger charge is 2.15. The van der Waals surface area contributed by atoms with Crippen molar-refractivity contribution < 1.29 is 9.15 Å². The SMILES string of the molecule is CCNC(=NCc1coc(-c2ccccc2)n1)N(C)CCC1CCOCC1.I. The van der Waals surface area contributed by atoms with Gasteiger partial charge in [0.15, 0.2) is 5.96 Å². The van der Waals surface area contributed by atoms with Gasteiger partial charge in [-0.05, 0) is 44.2 Å². The Morgan fingerprint density at radius 3 is 2.71 bits per heavy atom. The van der Waals surface area contributed by atoms with Gasteiger partial charge in [0.1, 0.15) is 12.0 Å². The largest absolute Gasteiger partial charge is 0.444 e. The number of guanidine groups is 1. The molecule has 1 saturated heterocycles. The van der Waals surface area contributed by atoms with Crippen molar-refractivity contribution in [3.63, 3.8) is 0 Å². The third kappa shape index (κ3) is 6.77.